The van der Waals surface area contributed by atoms with Crippen molar-refractivity contribution in [3.63, 3.8) is 0 Å². The summed E-state index contributed by atoms with van der Waals surface area (Å²) in [6.07, 6.45) is 4.94. The van der Waals surface area contributed by atoms with Crippen LogP contribution in [0, 0.1) is 5.82 Å². The lowest BCUT2D eigenvalue weighted by Gasteiger charge is -2.31. The van der Waals surface area contributed by atoms with Gasteiger partial charge in [0.15, 0.2) is 0 Å². The molecule has 0 saturated carbocycles. The Kier molecular flexibility index (Phi) is 6.55. The van der Waals surface area contributed by atoms with Crippen molar-refractivity contribution in [2.75, 3.05) is 26.2 Å². The van der Waals surface area contributed by atoms with Crippen molar-refractivity contribution in [1.82, 2.24) is 15.1 Å². The van der Waals surface area contributed by atoms with Gasteiger partial charge in [-0.3, -0.25) is 24.2 Å². The van der Waals surface area contributed by atoms with Gasteiger partial charge < -0.3 is 5.32 Å². The standard InChI is InChI=1S/C20H26FN3O3/c21-16-7-5-15(6-8-16)17(23-11-3-1-2-4-12-23)13-22-18(25)14-24-19(26)9-10-20(24)27/h5-8,17H,1-4,9-14H2,(H,22,25). The summed E-state index contributed by atoms with van der Waals surface area (Å²) >= 11 is 0. The maximum atomic E-state index is 13.3. The number of nitrogens with one attached hydrogen (secondary N) is 1. The third-order valence-electron chi connectivity index (χ3n) is 5.29. The van der Waals surface area contributed by atoms with Gasteiger partial charge in [-0.2, -0.15) is 0 Å². The fourth-order valence-corrected chi connectivity index (χ4v) is 3.76. The van der Waals surface area contributed by atoms with Crippen molar-refractivity contribution in [2.45, 2.75) is 44.6 Å². The van der Waals surface area contributed by atoms with E-state index in [1.54, 1.807) is 12.1 Å². The number of benzene rings is 1. The fraction of sp³-hybridized carbons (Fsp3) is 0.550. The highest BCUT2D eigenvalue weighted by molar-refractivity contribution is 6.04. The van der Waals surface area contributed by atoms with Gasteiger partial charge >= 0.3 is 0 Å². The quantitative estimate of drug-likeness (QED) is 0.773. The van der Waals surface area contributed by atoms with Crippen molar-refractivity contribution in [2.24, 2.45) is 0 Å². The first-order chi connectivity index (χ1) is 13.0. The molecule has 3 amide bonds. The molecule has 0 radical (unpaired) electrons. The van der Waals surface area contributed by atoms with Crippen LogP contribution >= 0.6 is 0 Å². The van der Waals surface area contributed by atoms with E-state index >= 15 is 0 Å². The number of amides is 3. The van der Waals surface area contributed by atoms with Crippen molar-refractivity contribution >= 4 is 17.7 Å². The van der Waals surface area contributed by atoms with Crippen LogP contribution < -0.4 is 5.32 Å². The lowest BCUT2D eigenvalue weighted by atomic mass is 10.0. The third-order valence-corrected chi connectivity index (χ3v) is 5.29. The zero-order chi connectivity index (χ0) is 19.2. The average Bonchev–Trinajstić information content (AvgIpc) is 2.86. The van der Waals surface area contributed by atoms with Gasteiger partial charge in [-0.1, -0.05) is 25.0 Å². The van der Waals surface area contributed by atoms with Crippen LogP contribution in [0.5, 0.6) is 0 Å². The zero-order valence-electron chi connectivity index (χ0n) is 15.5. The summed E-state index contributed by atoms with van der Waals surface area (Å²) in [6.45, 7) is 2.00. The minimum atomic E-state index is -0.347. The molecule has 1 unspecified atom stereocenters. The molecule has 0 aliphatic carbocycles. The second-order valence-electron chi connectivity index (χ2n) is 7.20. The lowest BCUT2D eigenvalue weighted by molar-refractivity contribution is -0.142. The van der Waals surface area contributed by atoms with Crippen LogP contribution in [0.2, 0.25) is 0 Å². The topological polar surface area (TPSA) is 69.7 Å². The molecule has 1 atom stereocenters. The van der Waals surface area contributed by atoms with Gasteiger partial charge in [0.05, 0.1) is 6.04 Å². The summed E-state index contributed by atoms with van der Waals surface area (Å²) in [6, 6.07) is 6.32. The Morgan fingerprint density at radius 2 is 1.59 bits per heavy atom. The molecule has 2 fully saturated rings. The molecule has 2 saturated heterocycles. The SMILES string of the molecule is O=C(CN1C(=O)CCC1=O)NCC(c1ccc(F)cc1)N1CCCCCC1. The molecule has 146 valence electrons. The lowest BCUT2D eigenvalue weighted by Crippen LogP contribution is -2.43. The molecule has 2 aliphatic heterocycles. The van der Waals surface area contributed by atoms with Gasteiger partial charge in [-0.25, -0.2) is 4.39 Å². The molecule has 0 bridgehead atoms. The molecule has 7 heteroatoms. The first-order valence-electron chi connectivity index (χ1n) is 9.64. The molecule has 27 heavy (non-hydrogen) atoms. The van der Waals surface area contributed by atoms with E-state index in [0.29, 0.717) is 6.54 Å². The number of hydrogen-bond acceptors (Lipinski definition) is 4. The second kappa shape index (κ2) is 9.08. The summed E-state index contributed by atoms with van der Waals surface area (Å²) in [5.74, 6) is -1.22. The number of carbonyl (C=O) groups excluding carboxylic acids is 3. The van der Waals surface area contributed by atoms with Crippen LogP contribution in [-0.4, -0.2) is 53.7 Å². The van der Waals surface area contributed by atoms with E-state index in [0.717, 1.165) is 36.4 Å². The summed E-state index contributed by atoms with van der Waals surface area (Å²) < 4.78 is 13.3. The van der Waals surface area contributed by atoms with Gasteiger partial charge in [0.1, 0.15) is 12.4 Å². The largest absolute Gasteiger partial charge is 0.353 e. The third kappa shape index (κ3) is 5.13. The summed E-state index contributed by atoms with van der Waals surface area (Å²) in [5.41, 5.74) is 0.951. The number of halogens is 1. The molecule has 1 N–H and O–H groups in total. The Balaban J connectivity index is 1.65. The number of hydrogen-bond donors (Lipinski definition) is 1. The highest BCUT2D eigenvalue weighted by Crippen LogP contribution is 2.24. The van der Waals surface area contributed by atoms with Gasteiger partial charge in [0, 0.05) is 19.4 Å². The van der Waals surface area contributed by atoms with Crippen LogP contribution in [0.3, 0.4) is 0 Å². The maximum absolute atomic E-state index is 13.3. The zero-order valence-corrected chi connectivity index (χ0v) is 15.5. The van der Waals surface area contributed by atoms with Gasteiger partial charge in [0.2, 0.25) is 17.7 Å². The van der Waals surface area contributed by atoms with Crippen molar-refractivity contribution in [3.8, 4) is 0 Å². The maximum Gasteiger partial charge on any atom is 0.240 e. The van der Waals surface area contributed by atoms with Gasteiger partial charge in [0.25, 0.3) is 0 Å². The van der Waals surface area contributed by atoms with E-state index < -0.39 is 0 Å². The number of likely N-dealkylation sites (tertiary alicyclic amines) is 2. The van der Waals surface area contributed by atoms with Crippen molar-refractivity contribution in [1.29, 1.82) is 0 Å². The van der Waals surface area contributed by atoms with E-state index in [4.69, 9.17) is 0 Å². The highest BCUT2D eigenvalue weighted by atomic mass is 19.1. The predicted molar refractivity (Wildman–Crippen MR) is 98.1 cm³/mol. The normalized spacial score (nSPS) is 19.8. The summed E-state index contributed by atoms with van der Waals surface area (Å²) in [5, 5.41) is 2.86. The number of carbonyl (C=O) groups is 3. The first-order valence-corrected chi connectivity index (χ1v) is 9.64. The molecule has 6 nitrogen and oxygen atoms in total. The van der Waals surface area contributed by atoms with E-state index in [9.17, 15) is 18.8 Å². The van der Waals surface area contributed by atoms with E-state index in [-0.39, 0.29) is 49.0 Å². The number of imide groups is 1. The van der Waals surface area contributed by atoms with Gasteiger partial charge in [-0.05, 0) is 43.6 Å². The number of rotatable bonds is 6. The monoisotopic (exact) mass is 375 g/mol. The molecule has 0 aromatic heterocycles. The van der Waals surface area contributed by atoms with Crippen LogP contribution in [0.1, 0.15) is 50.1 Å². The first kappa shape index (κ1) is 19.5. The molecule has 2 heterocycles. The Morgan fingerprint density at radius 1 is 1.00 bits per heavy atom. The Hall–Kier alpha value is -2.28. The van der Waals surface area contributed by atoms with Crippen LogP contribution in [-0.2, 0) is 14.4 Å². The molecular weight excluding hydrogens is 349 g/mol. The fourth-order valence-electron chi connectivity index (χ4n) is 3.76. The molecule has 3 rings (SSSR count). The molecule has 1 aromatic rings. The Morgan fingerprint density at radius 3 is 2.19 bits per heavy atom. The highest BCUT2D eigenvalue weighted by Gasteiger charge is 2.31. The van der Waals surface area contributed by atoms with E-state index in [1.165, 1.54) is 25.0 Å². The summed E-state index contributed by atoms with van der Waals surface area (Å²) in [7, 11) is 0. The minimum Gasteiger partial charge on any atom is -0.353 e. The second-order valence-corrected chi connectivity index (χ2v) is 7.20. The predicted octanol–water partition coefficient (Wildman–Crippen LogP) is 2.01. The molecule has 1 aromatic carbocycles. The minimum absolute atomic E-state index is 0.0577. The van der Waals surface area contributed by atoms with E-state index in [2.05, 4.69) is 10.2 Å². The van der Waals surface area contributed by atoms with Crippen molar-refractivity contribution < 1.29 is 18.8 Å². The van der Waals surface area contributed by atoms with E-state index in [1.807, 2.05) is 0 Å². The Labute approximate surface area is 158 Å². The average molecular weight is 375 g/mol. The molecule has 0 spiro atoms. The molecular formula is C20H26FN3O3. The van der Waals surface area contributed by atoms with Gasteiger partial charge in [-0.15, -0.1) is 0 Å². The molecule has 2 aliphatic rings. The van der Waals surface area contributed by atoms with Crippen LogP contribution in [0.15, 0.2) is 24.3 Å². The van der Waals surface area contributed by atoms with Crippen LogP contribution in [0.4, 0.5) is 4.39 Å². The van der Waals surface area contributed by atoms with Crippen molar-refractivity contribution in [3.05, 3.63) is 35.6 Å². The summed E-state index contributed by atoms with van der Waals surface area (Å²) in [4.78, 5) is 39.0. The smallest absolute Gasteiger partial charge is 0.240 e. The number of nitrogens with zero attached hydrogens (tertiary/aromatic N) is 2. The Bertz CT molecular complexity index is 668. The van der Waals surface area contributed by atoms with Crippen LogP contribution in [0.25, 0.3) is 0 Å².